The molecule has 0 bridgehead atoms. The van der Waals surface area contributed by atoms with Crippen LogP contribution in [0.1, 0.15) is 55.2 Å². The van der Waals surface area contributed by atoms with E-state index in [1.54, 1.807) is 21.1 Å². The highest BCUT2D eigenvalue weighted by Gasteiger charge is 2.54. The lowest BCUT2D eigenvalue weighted by atomic mass is 9.75. The summed E-state index contributed by atoms with van der Waals surface area (Å²) >= 11 is 0. The van der Waals surface area contributed by atoms with Crippen LogP contribution >= 0.6 is 0 Å². The van der Waals surface area contributed by atoms with Gasteiger partial charge in [-0.3, -0.25) is 28.8 Å². The Balaban J connectivity index is 0.000000124. The van der Waals surface area contributed by atoms with Gasteiger partial charge in [0.05, 0.1) is 36.4 Å². The number of likely N-dealkylation sites (tertiary alicyclic amines) is 2. The summed E-state index contributed by atoms with van der Waals surface area (Å²) in [6.45, 7) is 5.82. The molecule has 9 aliphatic heterocycles. The van der Waals surface area contributed by atoms with Crippen LogP contribution < -0.4 is 20.4 Å². The molecule has 72 heavy (non-hydrogen) atoms. The molecule has 0 aliphatic carbocycles. The monoisotopic (exact) mass is 983 g/mol. The standard InChI is InChI=1S/C18H22N4O2.C17H20N4O2.C10H17N3O2.C8H7NO/c1-20-9-7-15-18(12-20,17(24)21(2)19-15)8-10-22-14-6-4-3-5-13(14)11-16(22)23;1-20-16(23)17(11-18-8-6-14(17)19-20)7-9-21-13-5-3-2-4-12(13)10-15(21)22;1-12-5-3-8-10(7-12,4-6-14)9(15)13(2)11-8;10-8-5-6-3-1-2-4-7(6)9-8/h3-6H,7-12H2,1-2H3;2-5,18H,6-11H2,1H3;14H,3-7H2,1-2H3;1-4H,5H2,(H,9,10). The number of nitrogens with zero attached hydrogens (tertiary/aromatic N) is 10. The van der Waals surface area contributed by atoms with Gasteiger partial charge in [0, 0.05) is 116 Å². The molecule has 19 nitrogen and oxygen atoms in total. The molecule has 9 aliphatic rings. The SMILES string of the molecule is CN1CCC2=NN(C)C(=O)C2(CCN2C(=O)Cc3ccccc32)C1.CN1CCC2=NN(C)C(=O)C2(CCO)C1.CN1N=C2CCNCC2(CCN2C(=O)Cc3ccccc32)C1=O.O=C1Cc2ccccc2N1. The van der Waals surface area contributed by atoms with Gasteiger partial charge in [-0.1, -0.05) is 54.6 Å². The van der Waals surface area contributed by atoms with Crippen molar-refractivity contribution >= 4 is 69.6 Å². The molecule has 0 radical (unpaired) electrons. The third kappa shape index (κ3) is 9.34. The van der Waals surface area contributed by atoms with Gasteiger partial charge in [0.25, 0.3) is 17.7 Å². The zero-order chi connectivity index (χ0) is 51.0. The van der Waals surface area contributed by atoms with E-state index < -0.39 is 16.2 Å². The predicted molar refractivity (Wildman–Crippen MR) is 274 cm³/mol. The zero-order valence-corrected chi connectivity index (χ0v) is 42.0. The third-order valence-electron chi connectivity index (χ3n) is 15.6. The van der Waals surface area contributed by atoms with E-state index in [0.717, 1.165) is 89.8 Å². The molecule has 6 amide bonds. The molecule has 3 saturated heterocycles. The number of rotatable bonds is 8. The van der Waals surface area contributed by atoms with Crippen LogP contribution in [-0.2, 0) is 48.0 Å². The van der Waals surface area contributed by atoms with Crippen molar-refractivity contribution in [3.63, 3.8) is 0 Å². The van der Waals surface area contributed by atoms with E-state index in [2.05, 4.69) is 35.7 Å². The van der Waals surface area contributed by atoms with Crippen molar-refractivity contribution in [3.05, 3.63) is 89.5 Å². The lowest BCUT2D eigenvalue weighted by Crippen LogP contribution is -2.53. The topological polar surface area (TPSA) is 206 Å². The fourth-order valence-electron chi connectivity index (χ4n) is 11.9. The zero-order valence-electron chi connectivity index (χ0n) is 42.0. The Morgan fingerprint density at radius 1 is 0.542 bits per heavy atom. The number of aliphatic hydroxyl groups is 1. The lowest BCUT2D eigenvalue weighted by molar-refractivity contribution is -0.137. The van der Waals surface area contributed by atoms with Crippen LogP contribution in [-0.4, -0.2) is 177 Å². The molecule has 3 aromatic rings. The molecule has 9 heterocycles. The quantitative estimate of drug-likeness (QED) is 0.301. The second-order valence-electron chi connectivity index (χ2n) is 20.3. The summed E-state index contributed by atoms with van der Waals surface area (Å²) in [4.78, 5) is 81.0. The number of hydrazone groups is 3. The highest BCUT2D eigenvalue weighted by molar-refractivity contribution is 6.15. The predicted octanol–water partition coefficient (Wildman–Crippen LogP) is 2.59. The smallest absolute Gasteiger partial charge is 0.255 e. The molecule has 0 saturated carbocycles. The van der Waals surface area contributed by atoms with Crippen molar-refractivity contribution in [1.82, 2.24) is 30.1 Å². The molecule has 3 aromatic carbocycles. The van der Waals surface area contributed by atoms with Crippen LogP contribution in [0.5, 0.6) is 0 Å². The van der Waals surface area contributed by atoms with E-state index in [1.165, 1.54) is 15.0 Å². The number of nitrogens with one attached hydrogen (secondary N) is 2. The fraction of sp³-hybridized carbons (Fsp3) is 0.491. The molecular weight excluding hydrogens is 917 g/mol. The summed E-state index contributed by atoms with van der Waals surface area (Å²) in [6, 6.07) is 23.5. The number of aliphatic hydroxyl groups excluding tert-OH is 1. The molecule has 3 N–H and O–H groups in total. The first-order valence-electron chi connectivity index (χ1n) is 25.0. The van der Waals surface area contributed by atoms with Gasteiger partial charge in [-0.25, -0.2) is 15.0 Å². The Bertz CT molecular complexity index is 2730. The molecule has 3 unspecified atom stereocenters. The Hall–Kier alpha value is -6.67. The first kappa shape index (κ1) is 50.3. The van der Waals surface area contributed by atoms with Crippen LogP contribution in [0.25, 0.3) is 0 Å². The minimum Gasteiger partial charge on any atom is -0.396 e. The van der Waals surface area contributed by atoms with Gasteiger partial charge >= 0.3 is 0 Å². The summed E-state index contributed by atoms with van der Waals surface area (Å²) in [5.74, 6) is 0.459. The van der Waals surface area contributed by atoms with Crippen LogP contribution in [0, 0.1) is 16.2 Å². The second kappa shape index (κ2) is 20.4. The first-order chi connectivity index (χ1) is 34.6. The maximum atomic E-state index is 12.8. The number of anilines is 3. The summed E-state index contributed by atoms with van der Waals surface area (Å²) in [7, 11) is 9.17. The highest BCUT2D eigenvalue weighted by Crippen LogP contribution is 2.41. The number of fused-ring (bicyclic) bond motifs is 6. The Labute approximate surface area is 420 Å². The van der Waals surface area contributed by atoms with Gasteiger partial charge in [-0.05, 0) is 68.2 Å². The van der Waals surface area contributed by atoms with E-state index in [1.807, 2.05) is 96.7 Å². The first-order valence-corrected chi connectivity index (χ1v) is 25.0. The van der Waals surface area contributed by atoms with Crippen molar-refractivity contribution < 1.29 is 33.9 Å². The van der Waals surface area contributed by atoms with E-state index >= 15 is 0 Å². The number of hydrogen-bond acceptors (Lipinski definition) is 13. The number of piperidine rings is 3. The molecule has 3 atom stereocenters. The van der Waals surface area contributed by atoms with E-state index in [-0.39, 0.29) is 42.0 Å². The van der Waals surface area contributed by atoms with Gasteiger partial charge in [0.2, 0.25) is 17.7 Å². The summed E-state index contributed by atoms with van der Waals surface area (Å²) in [5, 5.41) is 32.7. The summed E-state index contributed by atoms with van der Waals surface area (Å²) in [6.07, 6.45) is 5.61. The Kier molecular flexibility index (Phi) is 14.3. The van der Waals surface area contributed by atoms with Crippen LogP contribution in [0.4, 0.5) is 17.1 Å². The molecule has 19 heteroatoms. The van der Waals surface area contributed by atoms with Crippen LogP contribution in [0.3, 0.4) is 0 Å². The largest absolute Gasteiger partial charge is 0.396 e. The van der Waals surface area contributed by atoms with Crippen LogP contribution in [0.2, 0.25) is 0 Å². The number of benzene rings is 3. The van der Waals surface area contributed by atoms with Crippen LogP contribution in [0.15, 0.2) is 88.1 Å². The van der Waals surface area contributed by atoms with E-state index in [4.69, 9.17) is 5.11 Å². The highest BCUT2D eigenvalue weighted by atomic mass is 16.3. The molecule has 12 rings (SSSR count). The average Bonchev–Trinajstić information content (AvgIpc) is 4.17. The Morgan fingerprint density at radius 2 is 0.986 bits per heavy atom. The second-order valence-corrected chi connectivity index (χ2v) is 20.3. The van der Waals surface area contributed by atoms with Gasteiger partial charge in [-0.15, -0.1) is 0 Å². The molecule has 0 aromatic heterocycles. The third-order valence-corrected chi connectivity index (χ3v) is 15.6. The summed E-state index contributed by atoms with van der Waals surface area (Å²) < 4.78 is 0. The fourth-order valence-corrected chi connectivity index (χ4v) is 11.9. The van der Waals surface area contributed by atoms with Crippen molar-refractivity contribution in [3.8, 4) is 0 Å². The molecule has 0 spiro atoms. The average molecular weight is 983 g/mol. The van der Waals surface area contributed by atoms with Gasteiger partial charge in [0.1, 0.15) is 16.2 Å². The van der Waals surface area contributed by atoms with Gasteiger partial charge < -0.3 is 35.3 Å². The summed E-state index contributed by atoms with van der Waals surface area (Å²) in [5.41, 5.74) is 7.38. The number of hydrogen-bond donors (Lipinski definition) is 3. The number of carbonyl (C=O) groups is 6. The van der Waals surface area contributed by atoms with Gasteiger partial charge in [0.15, 0.2) is 0 Å². The number of carbonyl (C=O) groups excluding carboxylic acids is 6. The lowest BCUT2D eigenvalue weighted by Gasteiger charge is -2.38. The van der Waals surface area contributed by atoms with Crippen molar-refractivity contribution in [2.45, 2.75) is 57.8 Å². The Morgan fingerprint density at radius 3 is 1.50 bits per heavy atom. The van der Waals surface area contributed by atoms with E-state index in [9.17, 15) is 28.8 Å². The maximum Gasteiger partial charge on any atom is 0.255 e. The van der Waals surface area contributed by atoms with Crippen molar-refractivity contribution in [2.75, 3.05) is 109 Å². The molecular formula is C53H66N12O7. The number of para-hydroxylation sites is 3. The van der Waals surface area contributed by atoms with Gasteiger partial charge in [-0.2, -0.15) is 15.3 Å². The normalized spacial score (nSPS) is 26.0. The van der Waals surface area contributed by atoms with Crippen molar-refractivity contribution in [1.29, 1.82) is 0 Å². The minimum atomic E-state index is -0.579. The van der Waals surface area contributed by atoms with E-state index in [0.29, 0.717) is 71.2 Å². The molecule has 380 valence electrons. The molecule has 3 fully saturated rings. The van der Waals surface area contributed by atoms with Crippen molar-refractivity contribution in [2.24, 2.45) is 31.5 Å². The number of amides is 6. The minimum absolute atomic E-state index is 0.0260. The maximum absolute atomic E-state index is 12.8.